The van der Waals surface area contributed by atoms with E-state index in [4.69, 9.17) is 22.1 Å². The van der Waals surface area contributed by atoms with E-state index in [2.05, 4.69) is 0 Å². The van der Waals surface area contributed by atoms with Crippen molar-refractivity contribution in [2.24, 2.45) is 5.73 Å². The molecule has 19 heavy (non-hydrogen) atoms. The maximum Gasteiger partial charge on any atom is 0.243 e. The van der Waals surface area contributed by atoms with E-state index >= 15 is 0 Å². The van der Waals surface area contributed by atoms with Gasteiger partial charge in [0.2, 0.25) is 10.0 Å². The van der Waals surface area contributed by atoms with Gasteiger partial charge in [-0.2, -0.15) is 4.31 Å². The molecule has 0 aromatic heterocycles. The average Bonchev–Trinajstić information content (AvgIpc) is 2.79. The molecule has 1 saturated heterocycles. The molecule has 0 aliphatic carbocycles. The lowest BCUT2D eigenvalue weighted by Crippen LogP contribution is -2.32. The van der Waals surface area contributed by atoms with Crippen molar-refractivity contribution in [3.63, 3.8) is 0 Å². The lowest BCUT2D eigenvalue weighted by Gasteiger charge is -2.18. The summed E-state index contributed by atoms with van der Waals surface area (Å²) in [6.07, 6.45) is 0.683. The minimum absolute atomic E-state index is 0.0937. The maximum atomic E-state index is 12.5. The number of rotatable bonds is 3. The van der Waals surface area contributed by atoms with Gasteiger partial charge in [-0.15, -0.1) is 0 Å². The Morgan fingerprint density at radius 1 is 1.47 bits per heavy atom. The van der Waals surface area contributed by atoms with Gasteiger partial charge in [-0.3, -0.25) is 0 Å². The van der Waals surface area contributed by atoms with Crippen LogP contribution in [0.1, 0.15) is 12.0 Å². The van der Waals surface area contributed by atoms with Crippen molar-refractivity contribution in [3.8, 4) is 5.75 Å². The summed E-state index contributed by atoms with van der Waals surface area (Å²) in [6.45, 7) is 2.53. The van der Waals surface area contributed by atoms with Crippen LogP contribution in [0.5, 0.6) is 5.75 Å². The molecule has 2 N–H and O–H groups in total. The Morgan fingerprint density at radius 2 is 2.16 bits per heavy atom. The standard InChI is InChI=1S/C12H17ClN2O3S/c1-8-5-11(18-2)10(13)6-12(8)19(16,17)15-4-3-9(14)7-15/h5-6,9H,3-4,7,14H2,1-2H3/t9-/m1/s1. The van der Waals surface area contributed by atoms with E-state index in [1.165, 1.54) is 17.5 Å². The highest BCUT2D eigenvalue weighted by atomic mass is 35.5. The quantitative estimate of drug-likeness (QED) is 0.915. The van der Waals surface area contributed by atoms with Gasteiger partial charge in [-0.05, 0) is 31.0 Å². The average molecular weight is 305 g/mol. The molecule has 0 amide bonds. The van der Waals surface area contributed by atoms with E-state index in [-0.39, 0.29) is 16.0 Å². The molecule has 0 spiro atoms. The third-order valence-electron chi connectivity index (χ3n) is 3.25. The third kappa shape index (κ3) is 2.72. The van der Waals surface area contributed by atoms with E-state index in [1.807, 2.05) is 0 Å². The van der Waals surface area contributed by atoms with Crippen molar-refractivity contribution in [3.05, 3.63) is 22.7 Å². The van der Waals surface area contributed by atoms with E-state index in [9.17, 15) is 8.42 Å². The van der Waals surface area contributed by atoms with E-state index in [0.29, 0.717) is 30.8 Å². The van der Waals surface area contributed by atoms with Crippen molar-refractivity contribution < 1.29 is 13.2 Å². The van der Waals surface area contributed by atoms with Gasteiger partial charge < -0.3 is 10.5 Å². The lowest BCUT2D eigenvalue weighted by molar-refractivity contribution is 0.414. The molecule has 106 valence electrons. The van der Waals surface area contributed by atoms with Gasteiger partial charge in [0.1, 0.15) is 5.75 Å². The van der Waals surface area contributed by atoms with Crippen LogP contribution < -0.4 is 10.5 Å². The monoisotopic (exact) mass is 304 g/mol. The summed E-state index contributed by atoms with van der Waals surface area (Å²) in [5.41, 5.74) is 6.37. The second-order valence-corrected chi connectivity index (χ2v) is 6.98. The van der Waals surface area contributed by atoms with Crippen LogP contribution in [0, 0.1) is 6.92 Å². The van der Waals surface area contributed by atoms with Crippen LogP contribution in [0.4, 0.5) is 0 Å². The van der Waals surface area contributed by atoms with Gasteiger partial charge in [0.25, 0.3) is 0 Å². The molecule has 1 heterocycles. The second kappa shape index (κ2) is 5.28. The zero-order chi connectivity index (χ0) is 14.2. The number of halogens is 1. The molecule has 0 radical (unpaired) electrons. The number of benzene rings is 1. The lowest BCUT2D eigenvalue weighted by atomic mass is 10.2. The summed E-state index contributed by atoms with van der Waals surface area (Å²) < 4.78 is 31.5. The number of hydrogen-bond acceptors (Lipinski definition) is 4. The van der Waals surface area contributed by atoms with Crippen LogP contribution >= 0.6 is 11.6 Å². The predicted octanol–water partition coefficient (Wildman–Crippen LogP) is 1.38. The molecule has 0 bridgehead atoms. The number of aryl methyl sites for hydroxylation is 1. The molecular formula is C12H17ClN2O3S. The molecule has 5 nitrogen and oxygen atoms in total. The summed E-state index contributed by atoms with van der Waals surface area (Å²) in [7, 11) is -2.04. The van der Waals surface area contributed by atoms with Crippen molar-refractivity contribution in [2.45, 2.75) is 24.3 Å². The molecule has 1 aromatic carbocycles. The Hall–Kier alpha value is -0.820. The molecule has 1 atom stereocenters. The van der Waals surface area contributed by atoms with Crippen molar-refractivity contribution in [1.29, 1.82) is 0 Å². The molecule has 0 saturated carbocycles. The number of nitrogens with zero attached hydrogens (tertiary/aromatic N) is 1. The smallest absolute Gasteiger partial charge is 0.243 e. The highest BCUT2D eigenvalue weighted by molar-refractivity contribution is 7.89. The minimum Gasteiger partial charge on any atom is -0.495 e. The van der Waals surface area contributed by atoms with Gasteiger partial charge in [-0.25, -0.2) is 8.42 Å². The summed E-state index contributed by atoms with van der Waals surface area (Å²) in [4.78, 5) is 0.215. The molecule has 1 aromatic rings. The largest absolute Gasteiger partial charge is 0.495 e. The van der Waals surface area contributed by atoms with Crippen LogP contribution in [-0.4, -0.2) is 39.0 Å². The fourth-order valence-electron chi connectivity index (χ4n) is 2.18. The number of ether oxygens (including phenoxy) is 1. The molecular weight excluding hydrogens is 288 g/mol. The highest BCUT2D eigenvalue weighted by Crippen LogP contribution is 2.32. The van der Waals surface area contributed by atoms with Crippen LogP contribution in [0.3, 0.4) is 0 Å². The van der Waals surface area contributed by atoms with Gasteiger partial charge in [-0.1, -0.05) is 11.6 Å². The fraction of sp³-hybridized carbons (Fsp3) is 0.500. The predicted molar refractivity (Wildman–Crippen MR) is 74.1 cm³/mol. The first-order chi connectivity index (χ1) is 8.86. The Labute approximate surface area is 118 Å². The van der Waals surface area contributed by atoms with Gasteiger partial charge in [0.15, 0.2) is 0 Å². The number of hydrogen-bond donors (Lipinski definition) is 1. The fourth-order valence-corrected chi connectivity index (χ4v) is 4.23. The Bertz CT molecular complexity index is 589. The molecule has 2 rings (SSSR count). The molecule has 1 aliphatic rings. The first kappa shape index (κ1) is 14.6. The molecule has 0 unspecified atom stereocenters. The Morgan fingerprint density at radius 3 is 2.68 bits per heavy atom. The van der Waals surface area contributed by atoms with Crippen molar-refractivity contribution in [2.75, 3.05) is 20.2 Å². The van der Waals surface area contributed by atoms with Gasteiger partial charge in [0, 0.05) is 19.1 Å². The minimum atomic E-state index is -3.54. The second-order valence-electron chi connectivity index (χ2n) is 4.66. The summed E-state index contributed by atoms with van der Waals surface area (Å²) >= 11 is 6.01. The van der Waals surface area contributed by atoms with Crippen molar-refractivity contribution in [1.82, 2.24) is 4.31 Å². The van der Waals surface area contributed by atoms with Crippen LogP contribution in [0.15, 0.2) is 17.0 Å². The van der Waals surface area contributed by atoms with E-state index in [0.717, 1.165) is 0 Å². The Balaban J connectivity index is 2.44. The summed E-state index contributed by atoms with van der Waals surface area (Å²) in [5, 5.41) is 0.287. The molecule has 1 aliphatic heterocycles. The third-order valence-corrected chi connectivity index (χ3v) is 5.56. The first-order valence-electron chi connectivity index (χ1n) is 5.96. The van der Waals surface area contributed by atoms with Crippen molar-refractivity contribution >= 4 is 21.6 Å². The van der Waals surface area contributed by atoms with Gasteiger partial charge in [0.05, 0.1) is 17.0 Å². The number of sulfonamides is 1. The van der Waals surface area contributed by atoms with E-state index < -0.39 is 10.0 Å². The summed E-state index contributed by atoms with van der Waals surface area (Å²) in [5.74, 6) is 0.469. The number of methoxy groups -OCH3 is 1. The SMILES string of the molecule is COc1cc(C)c(S(=O)(=O)N2CC[C@@H](N)C2)cc1Cl. The normalized spacial score (nSPS) is 20.7. The first-order valence-corrected chi connectivity index (χ1v) is 7.78. The molecule has 7 heteroatoms. The van der Waals surface area contributed by atoms with Gasteiger partial charge >= 0.3 is 0 Å². The number of nitrogens with two attached hydrogens (primary N) is 1. The maximum absolute atomic E-state index is 12.5. The summed E-state index contributed by atoms with van der Waals surface area (Å²) in [6, 6.07) is 2.98. The van der Waals surface area contributed by atoms with Crippen LogP contribution in [-0.2, 0) is 10.0 Å². The molecule has 1 fully saturated rings. The van der Waals surface area contributed by atoms with E-state index in [1.54, 1.807) is 13.0 Å². The van der Waals surface area contributed by atoms with Crippen LogP contribution in [0.25, 0.3) is 0 Å². The zero-order valence-corrected chi connectivity index (χ0v) is 12.5. The van der Waals surface area contributed by atoms with Crippen LogP contribution in [0.2, 0.25) is 5.02 Å². The Kier molecular flexibility index (Phi) is 4.06. The highest BCUT2D eigenvalue weighted by Gasteiger charge is 2.32. The topological polar surface area (TPSA) is 72.6 Å². The zero-order valence-electron chi connectivity index (χ0n) is 10.9.